The van der Waals surface area contributed by atoms with Crippen LogP contribution in [-0.4, -0.2) is 29.9 Å². The summed E-state index contributed by atoms with van der Waals surface area (Å²) in [5.74, 6) is 0. The molecule has 0 fully saturated rings. The smallest absolute Gasteiger partial charge is 0.107 e. The van der Waals surface area contributed by atoms with E-state index in [0.29, 0.717) is 6.54 Å². The average molecular weight is 281 g/mol. The molecule has 0 heterocycles. The van der Waals surface area contributed by atoms with Crippen molar-refractivity contribution in [3.05, 3.63) is 60.2 Å². The summed E-state index contributed by atoms with van der Waals surface area (Å²) in [5, 5.41) is 27.8. The molecule has 21 heavy (non-hydrogen) atoms. The molecule has 0 bridgehead atoms. The number of aliphatic hydroxyl groups excluding tert-OH is 2. The van der Waals surface area contributed by atoms with Crippen LogP contribution in [-0.2, 0) is 0 Å². The number of hydrogen-bond donors (Lipinski definition) is 3. The fraction of sp³-hybridized carbons (Fsp3) is 0.222. The van der Waals surface area contributed by atoms with Gasteiger partial charge in [-0.1, -0.05) is 48.5 Å². The number of benzene rings is 3. The minimum atomic E-state index is -0.923. The van der Waals surface area contributed by atoms with Crippen LogP contribution in [0.2, 0.25) is 0 Å². The Hall–Kier alpha value is -1.94. The lowest BCUT2D eigenvalue weighted by atomic mass is 9.91. The minimum Gasteiger partial charge on any atom is -0.389 e. The summed E-state index contributed by atoms with van der Waals surface area (Å²) in [6, 6.07) is 18.0. The zero-order valence-electron chi connectivity index (χ0n) is 12.0. The summed E-state index contributed by atoms with van der Waals surface area (Å²) in [5.41, 5.74) is 0.798. The van der Waals surface area contributed by atoms with Gasteiger partial charge >= 0.3 is 0 Å². The monoisotopic (exact) mass is 281 g/mol. The number of rotatable bonds is 4. The third kappa shape index (κ3) is 2.51. The Balaban J connectivity index is 2.29. The van der Waals surface area contributed by atoms with Crippen LogP contribution < -0.4 is 5.32 Å². The van der Waals surface area contributed by atoms with Crippen LogP contribution in [0.5, 0.6) is 0 Å². The SMILES string of the molecule is CNCC(O)C(O)c1c2ccccc2cc2ccccc12. The van der Waals surface area contributed by atoms with E-state index < -0.39 is 12.2 Å². The van der Waals surface area contributed by atoms with Crippen molar-refractivity contribution in [1.29, 1.82) is 0 Å². The van der Waals surface area contributed by atoms with Crippen molar-refractivity contribution in [3.63, 3.8) is 0 Å². The van der Waals surface area contributed by atoms with Gasteiger partial charge in [0, 0.05) is 6.54 Å². The summed E-state index contributed by atoms with van der Waals surface area (Å²) in [4.78, 5) is 0. The van der Waals surface area contributed by atoms with Crippen LogP contribution >= 0.6 is 0 Å². The van der Waals surface area contributed by atoms with Gasteiger partial charge in [-0.2, -0.15) is 0 Å². The zero-order valence-corrected chi connectivity index (χ0v) is 12.0. The lowest BCUT2D eigenvalue weighted by molar-refractivity contribution is 0.0219. The van der Waals surface area contributed by atoms with E-state index in [1.54, 1.807) is 7.05 Å². The van der Waals surface area contributed by atoms with Crippen LogP contribution in [0.4, 0.5) is 0 Å². The number of hydrogen-bond acceptors (Lipinski definition) is 3. The molecule has 0 amide bonds. The van der Waals surface area contributed by atoms with Crippen molar-refractivity contribution in [1.82, 2.24) is 5.32 Å². The summed E-state index contributed by atoms with van der Waals surface area (Å²) in [7, 11) is 1.76. The van der Waals surface area contributed by atoms with E-state index in [2.05, 4.69) is 11.4 Å². The van der Waals surface area contributed by atoms with E-state index >= 15 is 0 Å². The highest BCUT2D eigenvalue weighted by Gasteiger charge is 2.22. The van der Waals surface area contributed by atoms with Gasteiger partial charge in [0.25, 0.3) is 0 Å². The molecule has 0 saturated carbocycles. The standard InChI is InChI=1S/C18H19NO2/c1-19-11-16(20)18(21)17-14-8-4-2-6-12(14)10-13-7-3-5-9-15(13)17/h2-10,16,18-21H,11H2,1H3. The molecule has 3 aromatic rings. The van der Waals surface area contributed by atoms with Gasteiger partial charge in [-0.15, -0.1) is 0 Å². The molecule has 3 rings (SSSR count). The van der Waals surface area contributed by atoms with Gasteiger partial charge in [0.1, 0.15) is 6.10 Å². The number of aliphatic hydroxyl groups is 2. The third-order valence-corrected chi connectivity index (χ3v) is 3.89. The van der Waals surface area contributed by atoms with Gasteiger partial charge in [0.2, 0.25) is 0 Å². The summed E-state index contributed by atoms with van der Waals surface area (Å²) in [6.07, 6.45) is -1.77. The number of likely N-dealkylation sites (N-methyl/N-ethyl adjacent to an activating group) is 1. The third-order valence-electron chi connectivity index (χ3n) is 3.89. The van der Waals surface area contributed by atoms with Gasteiger partial charge in [-0.25, -0.2) is 0 Å². The first-order chi connectivity index (χ1) is 10.2. The van der Waals surface area contributed by atoms with Gasteiger partial charge in [0.15, 0.2) is 0 Å². The largest absolute Gasteiger partial charge is 0.389 e. The van der Waals surface area contributed by atoms with Crippen LogP contribution in [0.3, 0.4) is 0 Å². The maximum Gasteiger partial charge on any atom is 0.107 e. The molecule has 0 saturated heterocycles. The second-order valence-corrected chi connectivity index (χ2v) is 5.30. The van der Waals surface area contributed by atoms with Gasteiger partial charge < -0.3 is 15.5 Å². The Kier molecular flexibility index (Phi) is 3.88. The molecule has 0 aliphatic heterocycles. The lowest BCUT2D eigenvalue weighted by Gasteiger charge is -2.21. The van der Waals surface area contributed by atoms with Crippen molar-refractivity contribution >= 4 is 21.5 Å². The molecule has 0 aromatic heterocycles. The molecule has 0 spiro atoms. The van der Waals surface area contributed by atoms with E-state index in [1.807, 2.05) is 48.5 Å². The second kappa shape index (κ2) is 5.82. The minimum absolute atomic E-state index is 0.346. The molecule has 3 aromatic carbocycles. The molecule has 2 unspecified atom stereocenters. The Morgan fingerprint density at radius 2 is 1.43 bits per heavy atom. The maximum atomic E-state index is 10.6. The topological polar surface area (TPSA) is 52.5 Å². The van der Waals surface area contributed by atoms with E-state index in [9.17, 15) is 10.2 Å². The molecule has 108 valence electrons. The average Bonchev–Trinajstić information content (AvgIpc) is 2.52. The first-order valence-corrected chi connectivity index (χ1v) is 7.13. The highest BCUT2D eigenvalue weighted by atomic mass is 16.3. The predicted molar refractivity (Wildman–Crippen MR) is 86.3 cm³/mol. The quantitative estimate of drug-likeness (QED) is 0.644. The van der Waals surface area contributed by atoms with Crippen molar-refractivity contribution in [2.75, 3.05) is 13.6 Å². The Morgan fingerprint density at radius 1 is 0.905 bits per heavy atom. The molecule has 3 N–H and O–H groups in total. The van der Waals surface area contributed by atoms with Crippen LogP contribution in [0.15, 0.2) is 54.6 Å². The molecule has 3 heteroatoms. The van der Waals surface area contributed by atoms with Gasteiger partial charge in [-0.3, -0.25) is 0 Å². The first-order valence-electron chi connectivity index (χ1n) is 7.13. The fourth-order valence-electron chi connectivity index (χ4n) is 2.88. The van der Waals surface area contributed by atoms with Crippen molar-refractivity contribution in [2.45, 2.75) is 12.2 Å². The number of nitrogens with one attached hydrogen (secondary N) is 1. The summed E-state index contributed by atoms with van der Waals surface area (Å²) >= 11 is 0. The molecular formula is C18H19NO2. The van der Waals surface area contributed by atoms with E-state index in [4.69, 9.17) is 0 Å². The molecular weight excluding hydrogens is 262 g/mol. The van der Waals surface area contributed by atoms with E-state index in [1.165, 1.54) is 0 Å². The molecule has 0 aliphatic rings. The fourth-order valence-corrected chi connectivity index (χ4v) is 2.88. The van der Waals surface area contributed by atoms with E-state index in [-0.39, 0.29) is 0 Å². The second-order valence-electron chi connectivity index (χ2n) is 5.30. The van der Waals surface area contributed by atoms with Crippen LogP contribution in [0, 0.1) is 0 Å². The van der Waals surface area contributed by atoms with Crippen molar-refractivity contribution < 1.29 is 10.2 Å². The van der Waals surface area contributed by atoms with E-state index in [0.717, 1.165) is 27.1 Å². The summed E-state index contributed by atoms with van der Waals surface area (Å²) in [6.45, 7) is 0.346. The molecule has 2 atom stereocenters. The Labute approximate surface area is 123 Å². The lowest BCUT2D eigenvalue weighted by Crippen LogP contribution is -2.29. The first kappa shape index (κ1) is 14.0. The Morgan fingerprint density at radius 3 is 1.95 bits per heavy atom. The van der Waals surface area contributed by atoms with Crippen molar-refractivity contribution in [2.24, 2.45) is 0 Å². The maximum absolute atomic E-state index is 10.6. The van der Waals surface area contributed by atoms with Crippen molar-refractivity contribution in [3.8, 4) is 0 Å². The molecule has 0 aliphatic carbocycles. The Bertz CT molecular complexity index is 715. The highest BCUT2D eigenvalue weighted by Crippen LogP contribution is 2.34. The normalized spacial score (nSPS) is 14.4. The van der Waals surface area contributed by atoms with Gasteiger partial charge in [-0.05, 0) is 40.2 Å². The molecule has 0 radical (unpaired) electrons. The highest BCUT2D eigenvalue weighted by molar-refractivity contribution is 6.02. The summed E-state index contributed by atoms with van der Waals surface area (Å²) < 4.78 is 0. The zero-order chi connectivity index (χ0) is 14.8. The number of fused-ring (bicyclic) bond motifs is 2. The van der Waals surface area contributed by atoms with Gasteiger partial charge in [0.05, 0.1) is 6.10 Å². The van der Waals surface area contributed by atoms with Crippen LogP contribution in [0.1, 0.15) is 11.7 Å². The predicted octanol–water partition coefficient (Wildman–Crippen LogP) is 2.61. The molecule has 3 nitrogen and oxygen atoms in total. The van der Waals surface area contributed by atoms with Crippen LogP contribution in [0.25, 0.3) is 21.5 Å².